The van der Waals surface area contributed by atoms with E-state index < -0.39 is 66.8 Å². The Hall–Kier alpha value is -3.22. The van der Waals surface area contributed by atoms with E-state index in [1.807, 2.05) is 0 Å². The lowest BCUT2D eigenvalue weighted by Crippen LogP contribution is -2.58. The largest absolute Gasteiger partial charge is 0.462 e. The molecule has 13 heteroatoms. The van der Waals surface area contributed by atoms with Gasteiger partial charge in [0.2, 0.25) is 6.10 Å². The van der Waals surface area contributed by atoms with Crippen LogP contribution < -0.4 is 0 Å². The molecular weight excluding hydrogens is 446 g/mol. The molecule has 1 aliphatic heterocycles. The molecule has 4 atom stereocenters. The molecule has 1 heterocycles. The normalized spacial score (nSPS) is 16.9. The Morgan fingerprint density at radius 1 is 0.697 bits per heavy atom. The highest BCUT2D eigenvalue weighted by Crippen LogP contribution is 2.22. The monoisotopic (exact) mass is 475 g/mol. The smallest absolute Gasteiger partial charge is 0.303 e. The quantitative estimate of drug-likeness (QED) is 0.284. The van der Waals surface area contributed by atoms with Crippen molar-refractivity contribution in [2.45, 2.75) is 59.0 Å². The van der Waals surface area contributed by atoms with Crippen molar-refractivity contribution >= 4 is 35.8 Å². The van der Waals surface area contributed by atoms with Crippen LogP contribution in [0.2, 0.25) is 0 Å². The summed E-state index contributed by atoms with van der Waals surface area (Å²) in [5.41, 5.74) is 0. The number of morpholine rings is 1. The lowest BCUT2D eigenvalue weighted by atomic mass is 10.0. The lowest BCUT2D eigenvalue weighted by Gasteiger charge is -2.37. The molecule has 0 aliphatic carbocycles. The summed E-state index contributed by atoms with van der Waals surface area (Å²) in [7, 11) is 0. The molecule has 1 amide bonds. The SMILES string of the molecule is CC(=O)OCC(OC(C)=O)C(OC(C)=O)C(OC(C)=O)C(OC(C)=O)C(=O)N1CCOCC1. The van der Waals surface area contributed by atoms with Crippen LogP contribution in [-0.4, -0.2) is 98.0 Å². The molecule has 1 fully saturated rings. The van der Waals surface area contributed by atoms with Crippen LogP contribution in [0.4, 0.5) is 0 Å². The summed E-state index contributed by atoms with van der Waals surface area (Å²) in [6.07, 6.45) is -6.64. The van der Waals surface area contributed by atoms with E-state index >= 15 is 0 Å². The molecular formula is C20H29NO12. The van der Waals surface area contributed by atoms with Crippen molar-refractivity contribution in [1.29, 1.82) is 0 Å². The van der Waals surface area contributed by atoms with Crippen molar-refractivity contribution in [2.24, 2.45) is 0 Å². The van der Waals surface area contributed by atoms with Crippen LogP contribution in [0.1, 0.15) is 34.6 Å². The number of amides is 1. The molecule has 1 aliphatic rings. The van der Waals surface area contributed by atoms with Gasteiger partial charge in [-0.15, -0.1) is 0 Å². The van der Waals surface area contributed by atoms with Crippen molar-refractivity contribution in [3.8, 4) is 0 Å². The number of hydrogen-bond acceptors (Lipinski definition) is 12. The van der Waals surface area contributed by atoms with Gasteiger partial charge < -0.3 is 33.3 Å². The van der Waals surface area contributed by atoms with E-state index in [0.29, 0.717) is 0 Å². The molecule has 1 saturated heterocycles. The first-order valence-electron chi connectivity index (χ1n) is 10.1. The van der Waals surface area contributed by atoms with Crippen LogP contribution in [0, 0.1) is 0 Å². The van der Waals surface area contributed by atoms with Gasteiger partial charge >= 0.3 is 29.8 Å². The van der Waals surface area contributed by atoms with Crippen molar-refractivity contribution in [3.63, 3.8) is 0 Å². The van der Waals surface area contributed by atoms with Gasteiger partial charge in [-0.2, -0.15) is 0 Å². The molecule has 0 aromatic carbocycles. The highest BCUT2D eigenvalue weighted by molar-refractivity contribution is 5.85. The maximum Gasteiger partial charge on any atom is 0.303 e. The molecule has 0 spiro atoms. The molecule has 13 nitrogen and oxygen atoms in total. The minimum Gasteiger partial charge on any atom is -0.462 e. The molecule has 4 unspecified atom stereocenters. The van der Waals surface area contributed by atoms with Gasteiger partial charge in [0.1, 0.15) is 6.61 Å². The Morgan fingerprint density at radius 3 is 1.64 bits per heavy atom. The van der Waals surface area contributed by atoms with Gasteiger partial charge in [-0.25, -0.2) is 0 Å². The Morgan fingerprint density at radius 2 is 1.18 bits per heavy atom. The summed E-state index contributed by atoms with van der Waals surface area (Å²) in [6.45, 7) is 5.43. The van der Waals surface area contributed by atoms with Crippen molar-refractivity contribution in [1.82, 2.24) is 4.90 Å². The van der Waals surface area contributed by atoms with E-state index in [1.165, 1.54) is 4.90 Å². The molecule has 0 saturated carbocycles. The third-order valence-corrected chi connectivity index (χ3v) is 4.22. The van der Waals surface area contributed by atoms with Gasteiger partial charge in [-0.3, -0.25) is 28.8 Å². The molecule has 0 N–H and O–H groups in total. The fourth-order valence-electron chi connectivity index (χ4n) is 3.05. The average Bonchev–Trinajstić information content (AvgIpc) is 2.71. The van der Waals surface area contributed by atoms with Crippen molar-refractivity contribution in [2.75, 3.05) is 32.9 Å². The fraction of sp³-hybridized carbons (Fsp3) is 0.700. The Balaban J connectivity index is 3.48. The van der Waals surface area contributed by atoms with Gasteiger partial charge in [0.15, 0.2) is 18.3 Å². The van der Waals surface area contributed by atoms with Crippen LogP contribution in [0.15, 0.2) is 0 Å². The number of carbonyl (C=O) groups excluding carboxylic acids is 6. The summed E-state index contributed by atoms with van der Waals surface area (Å²) in [4.78, 5) is 73.1. The Bertz CT molecular complexity index is 745. The zero-order valence-electron chi connectivity index (χ0n) is 19.2. The minimum atomic E-state index is -1.76. The maximum absolute atomic E-state index is 13.2. The zero-order valence-corrected chi connectivity index (χ0v) is 19.2. The molecule has 0 bridgehead atoms. The van der Waals surface area contributed by atoms with E-state index in [2.05, 4.69) is 0 Å². The van der Waals surface area contributed by atoms with Crippen LogP contribution in [0.25, 0.3) is 0 Å². The average molecular weight is 475 g/mol. The van der Waals surface area contributed by atoms with Crippen LogP contribution in [0.3, 0.4) is 0 Å². The number of hydrogen-bond donors (Lipinski definition) is 0. The van der Waals surface area contributed by atoms with Crippen LogP contribution in [0.5, 0.6) is 0 Å². The minimum absolute atomic E-state index is 0.169. The first-order chi connectivity index (χ1) is 15.4. The van der Waals surface area contributed by atoms with Gasteiger partial charge in [-0.1, -0.05) is 0 Å². The van der Waals surface area contributed by atoms with Crippen molar-refractivity contribution < 1.29 is 57.2 Å². The molecule has 186 valence electrons. The highest BCUT2D eigenvalue weighted by atomic mass is 16.6. The number of rotatable bonds is 10. The zero-order chi connectivity index (χ0) is 25.1. The number of carbonyl (C=O) groups is 6. The predicted molar refractivity (Wildman–Crippen MR) is 106 cm³/mol. The van der Waals surface area contributed by atoms with Crippen LogP contribution >= 0.6 is 0 Å². The fourth-order valence-corrected chi connectivity index (χ4v) is 3.05. The first-order valence-corrected chi connectivity index (χ1v) is 10.1. The maximum atomic E-state index is 13.2. The predicted octanol–water partition coefficient (Wildman–Crippen LogP) is -0.865. The standard InChI is InChI=1S/C20H29NO12/c1-11(22)29-10-16(30-12(2)23)17(31-13(3)24)18(32-14(4)25)19(33-15(5)26)20(27)21-6-8-28-9-7-21/h16-19H,6-10H2,1-5H3. The summed E-state index contributed by atoms with van der Waals surface area (Å²) < 4.78 is 30.9. The van der Waals surface area contributed by atoms with Gasteiger partial charge in [0.05, 0.1) is 13.2 Å². The lowest BCUT2D eigenvalue weighted by molar-refractivity contribution is -0.205. The number of ether oxygens (including phenoxy) is 6. The summed E-state index contributed by atoms with van der Waals surface area (Å²) in [6, 6.07) is 0. The second-order valence-corrected chi connectivity index (χ2v) is 7.07. The van der Waals surface area contributed by atoms with E-state index in [1.54, 1.807) is 0 Å². The second-order valence-electron chi connectivity index (χ2n) is 7.07. The van der Waals surface area contributed by atoms with E-state index in [4.69, 9.17) is 28.4 Å². The van der Waals surface area contributed by atoms with Gasteiger partial charge in [0.25, 0.3) is 5.91 Å². The van der Waals surface area contributed by atoms with Crippen LogP contribution in [-0.2, 0) is 57.2 Å². The summed E-state index contributed by atoms with van der Waals surface area (Å²) in [5.74, 6) is -5.00. The molecule has 0 aromatic heterocycles. The number of esters is 5. The number of nitrogens with zero attached hydrogens (tertiary/aromatic N) is 1. The third-order valence-electron chi connectivity index (χ3n) is 4.22. The summed E-state index contributed by atoms with van der Waals surface area (Å²) in [5, 5.41) is 0. The molecule has 0 aromatic rings. The first kappa shape index (κ1) is 27.8. The highest BCUT2D eigenvalue weighted by Gasteiger charge is 2.48. The molecule has 1 rings (SSSR count). The Kier molecular flexibility index (Phi) is 11.3. The molecule has 0 radical (unpaired) electrons. The van der Waals surface area contributed by atoms with E-state index in [9.17, 15) is 28.8 Å². The Labute approximate surface area is 190 Å². The summed E-state index contributed by atoms with van der Waals surface area (Å²) >= 11 is 0. The third kappa shape index (κ3) is 9.85. The van der Waals surface area contributed by atoms with Gasteiger partial charge in [-0.05, 0) is 0 Å². The second kappa shape index (κ2) is 13.4. The molecule has 33 heavy (non-hydrogen) atoms. The topological polar surface area (TPSA) is 161 Å². The van der Waals surface area contributed by atoms with Crippen molar-refractivity contribution in [3.05, 3.63) is 0 Å². The van der Waals surface area contributed by atoms with Gasteiger partial charge in [0, 0.05) is 47.7 Å². The van der Waals surface area contributed by atoms with E-state index in [-0.39, 0.29) is 26.3 Å². The van der Waals surface area contributed by atoms with E-state index in [0.717, 1.165) is 34.6 Å².